The monoisotopic (exact) mass is 311 g/mol. The molecule has 4 rings (SSSR count). The number of benzene rings is 2. The largest absolute Gasteiger partial charge is 0.363 e. The highest BCUT2D eigenvalue weighted by Gasteiger charge is 2.20. The summed E-state index contributed by atoms with van der Waals surface area (Å²) in [6.45, 7) is 1.44. The van der Waals surface area contributed by atoms with Gasteiger partial charge in [0.15, 0.2) is 0 Å². The molecule has 0 fully saturated rings. The molecule has 2 aromatic carbocycles. The van der Waals surface area contributed by atoms with E-state index in [0.29, 0.717) is 23.3 Å². The Kier molecular flexibility index (Phi) is 3.12. The van der Waals surface area contributed by atoms with Gasteiger partial charge in [-0.2, -0.15) is 0 Å². The summed E-state index contributed by atoms with van der Waals surface area (Å²) < 4.78 is 1.14. The number of hydrogen-bond donors (Lipinski definition) is 0. The first-order valence-corrected chi connectivity index (χ1v) is 7.57. The van der Waals surface area contributed by atoms with Gasteiger partial charge in [-0.25, -0.2) is 9.07 Å². The molecule has 2 heterocycles. The van der Waals surface area contributed by atoms with E-state index in [1.807, 2.05) is 30.3 Å². The average Bonchev–Trinajstić information content (AvgIpc) is 2.96. The molecule has 1 aromatic heterocycles. The highest BCUT2D eigenvalue weighted by Crippen LogP contribution is 2.28. The average molecular weight is 312 g/mol. The zero-order valence-corrected chi connectivity index (χ0v) is 12.6. The highest BCUT2D eigenvalue weighted by molar-refractivity contribution is 6.16. The molecule has 0 saturated carbocycles. The van der Waals surface area contributed by atoms with Crippen LogP contribution in [0.3, 0.4) is 0 Å². The van der Waals surface area contributed by atoms with E-state index in [2.05, 4.69) is 22.0 Å². The fraction of sp³-hybridized carbons (Fsp3) is 0.176. The Labute approximate surface area is 132 Å². The Balaban J connectivity index is 1.77. The maximum absolute atomic E-state index is 12.3. The van der Waals surface area contributed by atoms with Gasteiger partial charge in [0.1, 0.15) is 5.82 Å². The van der Waals surface area contributed by atoms with E-state index in [1.165, 1.54) is 11.3 Å². The quantitative estimate of drug-likeness (QED) is 0.730. The summed E-state index contributed by atoms with van der Waals surface area (Å²) in [4.78, 5) is 19.1. The van der Waals surface area contributed by atoms with Gasteiger partial charge in [-0.3, -0.25) is 4.79 Å². The Morgan fingerprint density at radius 1 is 1.09 bits per heavy atom. The van der Waals surface area contributed by atoms with Crippen LogP contribution in [-0.2, 0) is 13.0 Å². The third kappa shape index (κ3) is 2.07. The van der Waals surface area contributed by atoms with Gasteiger partial charge in [0.25, 0.3) is 5.56 Å². The molecular formula is C17H14ClN3O. The molecule has 0 aliphatic carbocycles. The molecule has 22 heavy (non-hydrogen) atoms. The number of halogens is 1. The summed E-state index contributed by atoms with van der Waals surface area (Å²) in [6, 6.07) is 15.6. The van der Waals surface area contributed by atoms with Crippen LogP contribution >= 0.6 is 11.8 Å². The van der Waals surface area contributed by atoms with Crippen molar-refractivity contribution in [2.75, 3.05) is 11.4 Å². The van der Waals surface area contributed by atoms with Crippen LogP contribution in [0.2, 0.25) is 0 Å². The van der Waals surface area contributed by atoms with Gasteiger partial charge in [-0.15, -0.1) is 0 Å². The second-order valence-corrected chi connectivity index (χ2v) is 5.77. The lowest BCUT2D eigenvalue weighted by molar-refractivity contribution is 0.771. The second kappa shape index (κ2) is 5.14. The van der Waals surface area contributed by atoms with Crippen LogP contribution in [0, 0.1) is 0 Å². The minimum Gasteiger partial charge on any atom is -0.363 e. The molecule has 0 radical (unpaired) electrons. The molecule has 4 nitrogen and oxygen atoms in total. The maximum Gasteiger partial charge on any atom is 0.276 e. The number of rotatable bonds is 2. The molecular weight excluding hydrogens is 298 g/mol. The summed E-state index contributed by atoms with van der Waals surface area (Å²) in [5.74, 6) is 0.571. The van der Waals surface area contributed by atoms with Crippen molar-refractivity contribution in [1.29, 1.82) is 0 Å². The van der Waals surface area contributed by atoms with Crippen molar-refractivity contribution in [1.82, 2.24) is 9.07 Å². The van der Waals surface area contributed by atoms with Gasteiger partial charge in [-0.1, -0.05) is 30.3 Å². The fourth-order valence-electron chi connectivity index (χ4n) is 3.00. The van der Waals surface area contributed by atoms with Gasteiger partial charge >= 0.3 is 0 Å². The van der Waals surface area contributed by atoms with Gasteiger partial charge < -0.3 is 4.90 Å². The van der Waals surface area contributed by atoms with Crippen LogP contribution in [0.5, 0.6) is 0 Å². The Morgan fingerprint density at radius 3 is 2.77 bits per heavy atom. The van der Waals surface area contributed by atoms with Crippen molar-refractivity contribution >= 4 is 28.4 Å². The predicted molar refractivity (Wildman–Crippen MR) is 88.5 cm³/mol. The van der Waals surface area contributed by atoms with Crippen molar-refractivity contribution in [2.24, 2.45) is 0 Å². The Bertz CT molecular complexity index is 919. The van der Waals surface area contributed by atoms with E-state index in [9.17, 15) is 4.79 Å². The first-order valence-electron chi connectivity index (χ1n) is 7.24. The number of nitrogens with zero attached hydrogens (tertiary/aromatic N) is 3. The fourth-order valence-corrected chi connectivity index (χ4v) is 3.18. The highest BCUT2D eigenvalue weighted by atomic mass is 35.5. The van der Waals surface area contributed by atoms with Crippen molar-refractivity contribution in [3.8, 4) is 0 Å². The standard InChI is InChI=1S/C17H14ClN3O/c18-21-16(19-14-7-3-2-6-13(14)17(21)22)11-20-10-9-12-5-1-4-8-15(12)20/h1-8H,9-11H2. The van der Waals surface area contributed by atoms with E-state index < -0.39 is 0 Å². The van der Waals surface area contributed by atoms with E-state index in [1.54, 1.807) is 6.07 Å². The molecule has 5 heteroatoms. The van der Waals surface area contributed by atoms with E-state index >= 15 is 0 Å². The topological polar surface area (TPSA) is 38.1 Å². The zero-order chi connectivity index (χ0) is 15.1. The number of fused-ring (bicyclic) bond motifs is 2. The molecule has 0 unspecified atom stereocenters. The second-order valence-electron chi connectivity index (χ2n) is 5.43. The van der Waals surface area contributed by atoms with Crippen LogP contribution in [-0.4, -0.2) is 15.6 Å². The summed E-state index contributed by atoms with van der Waals surface area (Å²) in [6.07, 6.45) is 1.01. The van der Waals surface area contributed by atoms with Crippen LogP contribution in [0.4, 0.5) is 5.69 Å². The Hall–Kier alpha value is -2.33. The summed E-state index contributed by atoms with van der Waals surface area (Å²) in [7, 11) is 0. The molecule has 0 N–H and O–H groups in total. The van der Waals surface area contributed by atoms with Crippen molar-refractivity contribution < 1.29 is 0 Å². The number of anilines is 1. The smallest absolute Gasteiger partial charge is 0.276 e. The molecule has 0 bridgehead atoms. The SMILES string of the molecule is O=c1c2ccccc2nc(CN2CCc3ccccc32)n1Cl. The van der Waals surface area contributed by atoms with Crippen LogP contribution in [0.15, 0.2) is 53.3 Å². The van der Waals surface area contributed by atoms with Gasteiger partial charge in [0.05, 0.1) is 17.4 Å². The van der Waals surface area contributed by atoms with Gasteiger partial charge in [0, 0.05) is 24.0 Å². The first-order chi connectivity index (χ1) is 10.7. The number of para-hydroxylation sites is 2. The molecule has 0 amide bonds. The lowest BCUT2D eigenvalue weighted by Gasteiger charge is -2.19. The van der Waals surface area contributed by atoms with Crippen molar-refractivity contribution in [3.63, 3.8) is 0 Å². The minimum atomic E-state index is -0.213. The predicted octanol–water partition coefficient (Wildman–Crippen LogP) is 2.96. The van der Waals surface area contributed by atoms with Gasteiger partial charge in [0.2, 0.25) is 0 Å². The molecule has 3 aromatic rings. The molecule has 1 aliphatic heterocycles. The summed E-state index contributed by atoms with van der Waals surface area (Å²) >= 11 is 6.19. The molecule has 110 valence electrons. The van der Waals surface area contributed by atoms with Gasteiger partial charge in [-0.05, 0) is 30.2 Å². The summed E-state index contributed by atoms with van der Waals surface area (Å²) in [5.41, 5.74) is 3.00. The third-order valence-electron chi connectivity index (χ3n) is 4.10. The number of aromatic nitrogens is 2. The minimum absolute atomic E-state index is 0.213. The lowest BCUT2D eigenvalue weighted by atomic mass is 10.2. The van der Waals surface area contributed by atoms with Crippen LogP contribution < -0.4 is 10.5 Å². The summed E-state index contributed by atoms with van der Waals surface area (Å²) in [5, 5.41) is 0.545. The normalized spacial score (nSPS) is 13.6. The molecule has 0 atom stereocenters. The molecule has 1 aliphatic rings. The lowest BCUT2D eigenvalue weighted by Crippen LogP contribution is -2.26. The maximum atomic E-state index is 12.3. The number of hydrogen-bond acceptors (Lipinski definition) is 3. The van der Waals surface area contributed by atoms with Crippen LogP contribution in [0.25, 0.3) is 10.9 Å². The van der Waals surface area contributed by atoms with E-state index in [-0.39, 0.29) is 5.56 Å². The zero-order valence-electron chi connectivity index (χ0n) is 11.9. The first kappa shape index (κ1) is 13.3. The third-order valence-corrected chi connectivity index (χ3v) is 4.45. The van der Waals surface area contributed by atoms with E-state index in [0.717, 1.165) is 17.1 Å². The van der Waals surface area contributed by atoms with Crippen molar-refractivity contribution in [2.45, 2.75) is 13.0 Å². The molecule has 0 saturated heterocycles. The Morgan fingerprint density at radius 2 is 1.86 bits per heavy atom. The van der Waals surface area contributed by atoms with Crippen LogP contribution in [0.1, 0.15) is 11.4 Å². The van der Waals surface area contributed by atoms with E-state index in [4.69, 9.17) is 11.8 Å². The van der Waals surface area contributed by atoms with Crippen molar-refractivity contribution in [3.05, 3.63) is 70.3 Å². The molecule has 0 spiro atoms.